The summed E-state index contributed by atoms with van der Waals surface area (Å²) in [7, 11) is -3.55. The number of hydrogen-bond donors (Lipinski definition) is 2. The summed E-state index contributed by atoms with van der Waals surface area (Å²) >= 11 is 1.70. The van der Waals surface area contributed by atoms with Gasteiger partial charge in [-0.25, -0.2) is 13.1 Å². The minimum absolute atomic E-state index is 0.123. The Bertz CT molecular complexity index is 556. The first-order chi connectivity index (χ1) is 9.31. The zero-order chi connectivity index (χ0) is 15.3. The average molecular weight is 317 g/mol. The molecule has 6 heteroatoms. The fourth-order valence-electron chi connectivity index (χ4n) is 1.93. The van der Waals surface area contributed by atoms with E-state index in [2.05, 4.69) is 4.72 Å². The summed E-state index contributed by atoms with van der Waals surface area (Å²) < 4.78 is 27.6. The summed E-state index contributed by atoms with van der Waals surface area (Å²) in [6.07, 6.45) is 0. The lowest BCUT2D eigenvalue weighted by molar-refractivity contribution is 0.281. The third-order valence-electron chi connectivity index (χ3n) is 3.08. The van der Waals surface area contributed by atoms with Crippen LogP contribution in [0.3, 0.4) is 0 Å². The first-order valence-electron chi connectivity index (χ1n) is 6.62. The number of hydrogen-bond acceptors (Lipinski definition) is 4. The molecule has 0 aromatic heterocycles. The van der Waals surface area contributed by atoms with Crippen molar-refractivity contribution >= 4 is 21.8 Å². The Labute approximate surface area is 126 Å². The van der Waals surface area contributed by atoms with Gasteiger partial charge in [0.25, 0.3) is 0 Å². The summed E-state index contributed by atoms with van der Waals surface area (Å²) in [6, 6.07) is 3.23. The standard InChI is InChI=1S/C14H23NO3S2/c1-5-19-9-11(3)15-20(17,18)14-7-13(8-16)6-10(2)12(14)4/h6-7,11,15-16H,5,8-9H2,1-4H3. The van der Waals surface area contributed by atoms with Gasteiger partial charge in [-0.1, -0.05) is 13.0 Å². The Kier molecular flexibility index (Phi) is 6.51. The molecule has 114 valence electrons. The van der Waals surface area contributed by atoms with Gasteiger partial charge in [-0.15, -0.1) is 0 Å². The van der Waals surface area contributed by atoms with Crippen molar-refractivity contribution in [1.82, 2.24) is 4.72 Å². The van der Waals surface area contributed by atoms with Gasteiger partial charge in [-0.2, -0.15) is 11.8 Å². The number of aliphatic hydroxyl groups is 1. The highest BCUT2D eigenvalue weighted by Crippen LogP contribution is 2.21. The highest BCUT2D eigenvalue weighted by molar-refractivity contribution is 7.99. The van der Waals surface area contributed by atoms with E-state index in [0.29, 0.717) is 5.56 Å². The molecule has 0 bridgehead atoms. The first kappa shape index (κ1) is 17.5. The summed E-state index contributed by atoms with van der Waals surface area (Å²) in [4.78, 5) is 0.259. The second-order valence-corrected chi connectivity index (χ2v) is 7.88. The number of rotatable bonds is 7. The zero-order valence-corrected chi connectivity index (χ0v) is 14.1. The number of thioether (sulfide) groups is 1. The lowest BCUT2D eigenvalue weighted by atomic mass is 10.1. The van der Waals surface area contributed by atoms with Crippen LogP contribution in [0.1, 0.15) is 30.5 Å². The molecule has 1 aromatic rings. The number of aryl methyl sites for hydroxylation is 1. The largest absolute Gasteiger partial charge is 0.392 e. The molecular formula is C14H23NO3S2. The lowest BCUT2D eigenvalue weighted by Gasteiger charge is -2.16. The lowest BCUT2D eigenvalue weighted by Crippen LogP contribution is -2.34. The Morgan fingerprint density at radius 3 is 2.55 bits per heavy atom. The summed E-state index contributed by atoms with van der Waals surface area (Å²) in [6.45, 7) is 7.38. The predicted molar refractivity (Wildman–Crippen MR) is 84.6 cm³/mol. The molecule has 0 saturated carbocycles. The molecule has 0 spiro atoms. The number of nitrogens with one attached hydrogen (secondary N) is 1. The van der Waals surface area contributed by atoms with Crippen molar-refractivity contribution in [2.45, 2.75) is 45.2 Å². The maximum absolute atomic E-state index is 12.4. The fourth-order valence-corrected chi connectivity index (χ4v) is 4.32. The molecule has 0 aliphatic heterocycles. The molecular weight excluding hydrogens is 294 g/mol. The van der Waals surface area contributed by atoms with Crippen LogP contribution in [0.25, 0.3) is 0 Å². The van der Waals surface area contributed by atoms with Crippen LogP contribution >= 0.6 is 11.8 Å². The van der Waals surface area contributed by atoms with Gasteiger partial charge in [-0.05, 0) is 49.3 Å². The van der Waals surface area contributed by atoms with Gasteiger partial charge in [-0.3, -0.25) is 0 Å². The normalized spacial score (nSPS) is 13.4. The molecule has 0 aliphatic carbocycles. The van der Waals surface area contributed by atoms with Crippen LogP contribution in [0.2, 0.25) is 0 Å². The maximum Gasteiger partial charge on any atom is 0.241 e. The molecule has 0 fully saturated rings. The molecule has 0 amide bonds. The van der Waals surface area contributed by atoms with E-state index in [0.717, 1.165) is 22.6 Å². The van der Waals surface area contributed by atoms with Crippen LogP contribution in [0.4, 0.5) is 0 Å². The van der Waals surface area contributed by atoms with Crippen molar-refractivity contribution in [2.75, 3.05) is 11.5 Å². The predicted octanol–water partition coefficient (Wildman–Crippen LogP) is 2.22. The first-order valence-corrected chi connectivity index (χ1v) is 9.26. The Morgan fingerprint density at radius 2 is 2.00 bits per heavy atom. The molecule has 0 saturated heterocycles. The van der Waals surface area contributed by atoms with Crippen molar-refractivity contribution < 1.29 is 13.5 Å². The second-order valence-electron chi connectivity index (χ2n) is 4.88. The van der Waals surface area contributed by atoms with E-state index < -0.39 is 10.0 Å². The highest BCUT2D eigenvalue weighted by atomic mass is 32.2. The average Bonchev–Trinajstić information content (AvgIpc) is 2.38. The quantitative estimate of drug-likeness (QED) is 0.809. The van der Waals surface area contributed by atoms with Crippen molar-refractivity contribution in [3.8, 4) is 0 Å². The number of sulfonamides is 1. The van der Waals surface area contributed by atoms with Crippen molar-refractivity contribution in [1.29, 1.82) is 0 Å². The third-order valence-corrected chi connectivity index (χ3v) is 5.94. The second kappa shape index (κ2) is 7.45. The van der Waals surface area contributed by atoms with Gasteiger partial charge in [0.1, 0.15) is 0 Å². The zero-order valence-electron chi connectivity index (χ0n) is 12.4. The van der Waals surface area contributed by atoms with Crippen molar-refractivity contribution in [3.05, 3.63) is 28.8 Å². The SMILES string of the molecule is CCSCC(C)NS(=O)(=O)c1cc(CO)cc(C)c1C. The molecule has 1 unspecified atom stereocenters. The van der Waals surface area contributed by atoms with E-state index in [1.807, 2.05) is 26.8 Å². The summed E-state index contributed by atoms with van der Waals surface area (Å²) in [5.74, 6) is 1.71. The van der Waals surface area contributed by atoms with Crippen LogP contribution in [0, 0.1) is 13.8 Å². The number of aliphatic hydroxyl groups excluding tert-OH is 1. The Morgan fingerprint density at radius 1 is 1.35 bits per heavy atom. The highest BCUT2D eigenvalue weighted by Gasteiger charge is 2.21. The van der Waals surface area contributed by atoms with Gasteiger partial charge in [0.05, 0.1) is 11.5 Å². The Balaban J connectivity index is 3.06. The van der Waals surface area contributed by atoms with E-state index in [4.69, 9.17) is 0 Å². The minimum Gasteiger partial charge on any atom is -0.392 e. The number of benzene rings is 1. The molecule has 0 radical (unpaired) electrons. The van der Waals surface area contributed by atoms with E-state index in [1.165, 1.54) is 0 Å². The van der Waals surface area contributed by atoms with Crippen LogP contribution in [0.5, 0.6) is 0 Å². The summed E-state index contributed by atoms with van der Waals surface area (Å²) in [5.41, 5.74) is 2.21. The van der Waals surface area contributed by atoms with E-state index >= 15 is 0 Å². The Hall–Kier alpha value is -0.560. The van der Waals surface area contributed by atoms with Gasteiger partial charge in [0.15, 0.2) is 0 Å². The topological polar surface area (TPSA) is 66.4 Å². The molecule has 2 N–H and O–H groups in total. The van der Waals surface area contributed by atoms with Gasteiger partial charge >= 0.3 is 0 Å². The molecule has 0 heterocycles. The van der Waals surface area contributed by atoms with Gasteiger partial charge in [0.2, 0.25) is 10.0 Å². The molecule has 1 atom stereocenters. The van der Waals surface area contributed by atoms with Gasteiger partial charge < -0.3 is 5.11 Å². The van der Waals surface area contributed by atoms with Gasteiger partial charge in [0, 0.05) is 11.8 Å². The molecule has 1 rings (SSSR count). The smallest absolute Gasteiger partial charge is 0.241 e. The fraction of sp³-hybridized carbons (Fsp3) is 0.571. The maximum atomic E-state index is 12.4. The molecule has 20 heavy (non-hydrogen) atoms. The van der Waals surface area contributed by atoms with Crippen molar-refractivity contribution in [3.63, 3.8) is 0 Å². The monoisotopic (exact) mass is 317 g/mol. The van der Waals surface area contributed by atoms with Crippen LogP contribution < -0.4 is 4.72 Å². The minimum atomic E-state index is -3.55. The molecule has 0 aliphatic rings. The van der Waals surface area contributed by atoms with E-state index in [9.17, 15) is 13.5 Å². The third kappa shape index (κ3) is 4.48. The molecule has 1 aromatic carbocycles. The van der Waals surface area contributed by atoms with Crippen molar-refractivity contribution in [2.24, 2.45) is 0 Å². The van der Waals surface area contributed by atoms with Crippen LogP contribution in [-0.2, 0) is 16.6 Å². The van der Waals surface area contributed by atoms with Crippen LogP contribution in [-0.4, -0.2) is 31.1 Å². The molecule has 4 nitrogen and oxygen atoms in total. The summed E-state index contributed by atoms with van der Waals surface area (Å²) in [5, 5.41) is 9.22. The van der Waals surface area contributed by atoms with E-state index in [1.54, 1.807) is 24.8 Å². The van der Waals surface area contributed by atoms with E-state index in [-0.39, 0.29) is 17.5 Å². The van der Waals surface area contributed by atoms with Crippen LogP contribution in [0.15, 0.2) is 17.0 Å².